The van der Waals surface area contributed by atoms with Crippen molar-refractivity contribution in [1.29, 1.82) is 0 Å². The number of aliphatic hydroxyl groups is 1. The Morgan fingerprint density at radius 3 is 2.52 bits per heavy atom. The van der Waals surface area contributed by atoms with Crippen LogP contribution in [0.1, 0.15) is 55.7 Å². The van der Waals surface area contributed by atoms with E-state index in [2.05, 4.69) is 37.4 Å². The number of benzene rings is 1. The van der Waals surface area contributed by atoms with Crippen molar-refractivity contribution < 1.29 is 9.90 Å². The van der Waals surface area contributed by atoms with E-state index in [-0.39, 0.29) is 5.91 Å². The van der Waals surface area contributed by atoms with Crippen LogP contribution < -0.4 is 5.32 Å². The van der Waals surface area contributed by atoms with Crippen LogP contribution in [0.15, 0.2) is 18.2 Å². The fraction of sp³-hybridized carbons (Fsp3) is 0.611. The molecule has 1 aromatic carbocycles. The monoisotopic (exact) mass is 289 g/mol. The summed E-state index contributed by atoms with van der Waals surface area (Å²) in [5.41, 5.74) is 3.00. The van der Waals surface area contributed by atoms with Crippen molar-refractivity contribution in [3.63, 3.8) is 0 Å². The number of hydrogen-bond acceptors (Lipinski definition) is 2. The van der Waals surface area contributed by atoms with Gasteiger partial charge in [0.15, 0.2) is 0 Å². The van der Waals surface area contributed by atoms with Gasteiger partial charge in [-0.1, -0.05) is 18.2 Å². The molecule has 0 radical (unpaired) electrons. The van der Waals surface area contributed by atoms with Crippen LogP contribution in [0.2, 0.25) is 0 Å². The number of amides is 1. The Morgan fingerprint density at radius 1 is 1.33 bits per heavy atom. The van der Waals surface area contributed by atoms with Crippen LogP contribution in [0.3, 0.4) is 0 Å². The van der Waals surface area contributed by atoms with Crippen LogP contribution in [-0.4, -0.2) is 23.2 Å². The van der Waals surface area contributed by atoms with E-state index in [4.69, 9.17) is 0 Å². The molecule has 1 aromatic rings. The third-order valence-electron chi connectivity index (χ3n) is 4.27. The normalized spacial score (nSPS) is 16.6. The fourth-order valence-electron chi connectivity index (χ4n) is 2.64. The predicted octanol–water partition coefficient (Wildman–Crippen LogP) is 3.07. The van der Waals surface area contributed by atoms with E-state index in [1.807, 2.05) is 0 Å². The molecular formula is C18H27NO2. The van der Waals surface area contributed by atoms with Crippen LogP contribution in [0.5, 0.6) is 0 Å². The van der Waals surface area contributed by atoms with E-state index in [0.717, 1.165) is 0 Å². The minimum absolute atomic E-state index is 0.0345. The van der Waals surface area contributed by atoms with Crippen molar-refractivity contribution in [2.24, 2.45) is 5.92 Å². The van der Waals surface area contributed by atoms with E-state index >= 15 is 0 Å². The van der Waals surface area contributed by atoms with Gasteiger partial charge in [-0.25, -0.2) is 0 Å². The number of aryl methyl sites for hydroxylation is 2. The highest BCUT2D eigenvalue weighted by Crippen LogP contribution is 2.44. The maximum Gasteiger partial charge on any atom is 0.220 e. The molecule has 1 amide bonds. The predicted molar refractivity (Wildman–Crippen MR) is 85.3 cm³/mol. The topological polar surface area (TPSA) is 49.3 Å². The molecule has 1 fully saturated rings. The number of nitrogens with one attached hydrogen (secondary N) is 1. The first-order valence-electron chi connectivity index (χ1n) is 7.82. The van der Waals surface area contributed by atoms with Crippen molar-refractivity contribution in [3.05, 3.63) is 34.9 Å². The Hall–Kier alpha value is -1.35. The van der Waals surface area contributed by atoms with E-state index in [0.29, 0.717) is 24.8 Å². The molecule has 1 saturated carbocycles. The second-order valence-corrected chi connectivity index (χ2v) is 7.08. The van der Waals surface area contributed by atoms with Gasteiger partial charge in [-0.2, -0.15) is 0 Å². The highest BCUT2D eigenvalue weighted by Gasteiger charge is 2.34. The number of carbonyl (C=O) groups is 1. The lowest BCUT2D eigenvalue weighted by Gasteiger charge is -2.21. The quantitative estimate of drug-likeness (QED) is 0.845. The summed E-state index contributed by atoms with van der Waals surface area (Å²) in [5.74, 6) is 0.985. The van der Waals surface area contributed by atoms with Crippen molar-refractivity contribution >= 4 is 5.91 Å². The fourth-order valence-corrected chi connectivity index (χ4v) is 2.64. The molecule has 0 heterocycles. The Morgan fingerprint density at radius 2 is 2.00 bits per heavy atom. The van der Waals surface area contributed by atoms with Gasteiger partial charge in [-0.15, -0.1) is 0 Å². The lowest BCUT2D eigenvalue weighted by molar-refractivity contribution is -0.122. The molecule has 3 nitrogen and oxygen atoms in total. The Kier molecular flexibility index (Phi) is 4.72. The first-order valence-corrected chi connectivity index (χ1v) is 7.82. The maximum atomic E-state index is 12.1. The Balaban J connectivity index is 2.02. The molecule has 116 valence electrons. The maximum absolute atomic E-state index is 12.1. The molecule has 1 aliphatic rings. The Bertz CT molecular complexity index is 512. The standard InChI is InChI=1S/C18H27NO2/c1-12-5-6-15(9-13(12)2)16(14-7-8-14)10-17(20)19-11-18(3,4)21/h5-6,9,14,16,21H,7-8,10-11H2,1-4H3,(H,19,20). The van der Waals surface area contributed by atoms with E-state index < -0.39 is 5.60 Å². The molecule has 1 atom stereocenters. The summed E-state index contributed by atoms with van der Waals surface area (Å²) >= 11 is 0. The van der Waals surface area contributed by atoms with Crippen LogP contribution in [0.25, 0.3) is 0 Å². The summed E-state index contributed by atoms with van der Waals surface area (Å²) in [7, 11) is 0. The first kappa shape index (κ1) is 16.0. The Labute approximate surface area is 127 Å². The SMILES string of the molecule is Cc1ccc(C(CC(=O)NCC(C)(C)O)C2CC2)cc1C. The molecule has 0 aliphatic heterocycles. The zero-order valence-electron chi connectivity index (χ0n) is 13.6. The zero-order valence-corrected chi connectivity index (χ0v) is 13.6. The van der Waals surface area contributed by atoms with Gasteiger partial charge in [0.1, 0.15) is 0 Å². The molecule has 0 bridgehead atoms. The molecule has 0 aromatic heterocycles. The van der Waals surface area contributed by atoms with Crippen LogP contribution >= 0.6 is 0 Å². The summed E-state index contributed by atoms with van der Waals surface area (Å²) in [5, 5.41) is 12.5. The van der Waals surface area contributed by atoms with Gasteiger partial charge in [-0.3, -0.25) is 4.79 Å². The van der Waals surface area contributed by atoms with Crippen molar-refractivity contribution in [2.45, 2.75) is 58.5 Å². The molecule has 1 aliphatic carbocycles. The molecule has 3 heteroatoms. The van der Waals surface area contributed by atoms with E-state index in [1.165, 1.54) is 29.5 Å². The van der Waals surface area contributed by atoms with Crippen LogP contribution in [-0.2, 0) is 4.79 Å². The largest absolute Gasteiger partial charge is 0.389 e. The van der Waals surface area contributed by atoms with Crippen molar-refractivity contribution in [1.82, 2.24) is 5.32 Å². The number of rotatable bonds is 6. The van der Waals surface area contributed by atoms with Crippen LogP contribution in [0, 0.1) is 19.8 Å². The summed E-state index contributed by atoms with van der Waals surface area (Å²) in [6.07, 6.45) is 2.95. The van der Waals surface area contributed by atoms with Gasteiger partial charge in [0.25, 0.3) is 0 Å². The number of hydrogen-bond donors (Lipinski definition) is 2. The van der Waals surface area contributed by atoms with Gasteiger partial charge in [0.05, 0.1) is 5.60 Å². The minimum Gasteiger partial charge on any atom is -0.389 e. The van der Waals surface area contributed by atoms with E-state index in [1.54, 1.807) is 13.8 Å². The zero-order chi connectivity index (χ0) is 15.6. The molecule has 21 heavy (non-hydrogen) atoms. The van der Waals surface area contributed by atoms with E-state index in [9.17, 15) is 9.90 Å². The van der Waals surface area contributed by atoms with Gasteiger partial charge < -0.3 is 10.4 Å². The van der Waals surface area contributed by atoms with Gasteiger partial charge in [0, 0.05) is 13.0 Å². The van der Waals surface area contributed by atoms with Crippen molar-refractivity contribution in [2.75, 3.05) is 6.54 Å². The van der Waals surface area contributed by atoms with Gasteiger partial charge in [-0.05, 0) is 69.1 Å². The minimum atomic E-state index is -0.856. The first-order chi connectivity index (χ1) is 9.76. The lowest BCUT2D eigenvalue weighted by atomic mass is 9.89. The summed E-state index contributed by atoms with van der Waals surface area (Å²) in [6, 6.07) is 6.53. The lowest BCUT2D eigenvalue weighted by Crippen LogP contribution is -2.38. The highest BCUT2D eigenvalue weighted by molar-refractivity contribution is 5.77. The second-order valence-electron chi connectivity index (χ2n) is 7.08. The average molecular weight is 289 g/mol. The summed E-state index contributed by atoms with van der Waals surface area (Å²) < 4.78 is 0. The smallest absolute Gasteiger partial charge is 0.220 e. The molecular weight excluding hydrogens is 262 g/mol. The second kappa shape index (κ2) is 6.18. The van der Waals surface area contributed by atoms with Gasteiger partial charge in [0.2, 0.25) is 5.91 Å². The number of carbonyl (C=O) groups excluding carboxylic acids is 1. The summed E-state index contributed by atoms with van der Waals surface area (Å²) in [4.78, 5) is 12.1. The van der Waals surface area contributed by atoms with Crippen molar-refractivity contribution in [3.8, 4) is 0 Å². The van der Waals surface area contributed by atoms with Crippen LogP contribution in [0.4, 0.5) is 0 Å². The molecule has 2 N–H and O–H groups in total. The highest BCUT2D eigenvalue weighted by atomic mass is 16.3. The molecule has 0 spiro atoms. The molecule has 2 rings (SSSR count). The third-order valence-corrected chi connectivity index (χ3v) is 4.27. The molecule has 0 saturated heterocycles. The average Bonchev–Trinajstić information content (AvgIpc) is 3.20. The molecule has 1 unspecified atom stereocenters. The van der Waals surface area contributed by atoms with Gasteiger partial charge >= 0.3 is 0 Å². The summed E-state index contributed by atoms with van der Waals surface area (Å²) in [6.45, 7) is 7.94. The third kappa shape index (κ3) is 4.85.